The highest BCUT2D eigenvalue weighted by Gasteiger charge is 2.17. The molecular formula is C15H17N3O2S. The van der Waals surface area contributed by atoms with Gasteiger partial charge >= 0.3 is 0 Å². The molecule has 2 aromatic rings. The number of rotatable bonds is 3. The summed E-state index contributed by atoms with van der Waals surface area (Å²) in [4.78, 5) is 15.5. The number of carbonyl (C=O) groups is 1. The number of hydrogen-bond acceptors (Lipinski definition) is 5. The predicted octanol–water partition coefficient (Wildman–Crippen LogP) is 2.54. The number of aromatic nitrogens is 1. The van der Waals surface area contributed by atoms with E-state index in [4.69, 9.17) is 4.74 Å². The monoisotopic (exact) mass is 303 g/mol. The molecular weight excluding hydrogens is 286 g/mol. The SMILES string of the molecule is Cc1cc(C(=O)Nc2ccccc2N2CCOCC2)ns1. The minimum absolute atomic E-state index is 0.167. The standard InChI is InChI=1S/C15H17N3O2S/c1-11-10-13(17-21-11)15(19)16-12-4-2-3-5-14(12)18-6-8-20-9-7-18/h2-5,10H,6-9H2,1H3,(H,16,19). The van der Waals surface area contributed by atoms with Gasteiger partial charge in [-0.15, -0.1) is 0 Å². The first-order valence-electron chi connectivity index (χ1n) is 6.90. The van der Waals surface area contributed by atoms with E-state index in [1.165, 1.54) is 11.5 Å². The summed E-state index contributed by atoms with van der Waals surface area (Å²) >= 11 is 1.34. The molecule has 1 aromatic carbocycles. The Morgan fingerprint density at radius 3 is 2.81 bits per heavy atom. The van der Waals surface area contributed by atoms with Crippen molar-refractivity contribution in [3.63, 3.8) is 0 Å². The van der Waals surface area contributed by atoms with E-state index in [1.54, 1.807) is 6.07 Å². The van der Waals surface area contributed by atoms with Crippen LogP contribution < -0.4 is 10.2 Å². The van der Waals surface area contributed by atoms with E-state index < -0.39 is 0 Å². The van der Waals surface area contributed by atoms with Gasteiger partial charge in [0.25, 0.3) is 5.91 Å². The molecule has 0 atom stereocenters. The zero-order chi connectivity index (χ0) is 14.7. The summed E-state index contributed by atoms with van der Waals surface area (Å²) in [6.07, 6.45) is 0. The Labute approximate surface area is 127 Å². The minimum Gasteiger partial charge on any atom is -0.378 e. The Bertz CT molecular complexity index is 635. The number of ether oxygens (including phenoxy) is 1. The van der Waals surface area contributed by atoms with Gasteiger partial charge in [0.05, 0.1) is 24.6 Å². The fraction of sp³-hybridized carbons (Fsp3) is 0.333. The first kappa shape index (κ1) is 14.0. The van der Waals surface area contributed by atoms with Crippen LogP contribution in [-0.2, 0) is 4.74 Å². The molecule has 0 saturated carbocycles. The van der Waals surface area contributed by atoms with Gasteiger partial charge in [-0.05, 0) is 36.7 Å². The lowest BCUT2D eigenvalue weighted by molar-refractivity contribution is 0.102. The van der Waals surface area contributed by atoms with Crippen LogP contribution in [0.15, 0.2) is 30.3 Å². The Morgan fingerprint density at radius 1 is 1.33 bits per heavy atom. The molecule has 1 aromatic heterocycles. The lowest BCUT2D eigenvalue weighted by Gasteiger charge is -2.30. The van der Waals surface area contributed by atoms with Gasteiger partial charge in [-0.3, -0.25) is 4.79 Å². The van der Waals surface area contributed by atoms with Crippen molar-refractivity contribution in [2.75, 3.05) is 36.5 Å². The van der Waals surface area contributed by atoms with Gasteiger partial charge < -0.3 is 15.0 Å². The number of anilines is 2. The van der Waals surface area contributed by atoms with Gasteiger partial charge in [-0.2, -0.15) is 4.37 Å². The molecule has 0 spiro atoms. The Balaban J connectivity index is 1.80. The Morgan fingerprint density at radius 2 is 2.10 bits per heavy atom. The number of nitrogens with one attached hydrogen (secondary N) is 1. The van der Waals surface area contributed by atoms with Crippen molar-refractivity contribution in [2.24, 2.45) is 0 Å². The molecule has 6 heteroatoms. The second kappa shape index (κ2) is 6.24. The molecule has 1 amide bonds. The van der Waals surface area contributed by atoms with Gasteiger partial charge in [0, 0.05) is 18.0 Å². The number of carbonyl (C=O) groups excluding carboxylic acids is 1. The Kier molecular flexibility index (Phi) is 4.17. The second-order valence-electron chi connectivity index (χ2n) is 4.89. The molecule has 1 aliphatic rings. The normalized spacial score (nSPS) is 15.0. The van der Waals surface area contributed by atoms with Crippen molar-refractivity contribution >= 4 is 28.8 Å². The number of morpholine rings is 1. The maximum Gasteiger partial charge on any atom is 0.275 e. The molecule has 3 rings (SSSR count). The third kappa shape index (κ3) is 3.22. The van der Waals surface area contributed by atoms with Crippen LogP contribution >= 0.6 is 11.5 Å². The smallest absolute Gasteiger partial charge is 0.275 e. The summed E-state index contributed by atoms with van der Waals surface area (Å²) in [5.41, 5.74) is 2.31. The van der Waals surface area contributed by atoms with Crippen LogP contribution in [0.2, 0.25) is 0 Å². The molecule has 5 nitrogen and oxygen atoms in total. The van der Waals surface area contributed by atoms with E-state index in [0.29, 0.717) is 18.9 Å². The van der Waals surface area contributed by atoms with Crippen molar-refractivity contribution in [3.8, 4) is 0 Å². The lowest BCUT2D eigenvalue weighted by Crippen LogP contribution is -2.36. The number of para-hydroxylation sites is 2. The zero-order valence-electron chi connectivity index (χ0n) is 11.8. The molecule has 110 valence electrons. The molecule has 0 unspecified atom stereocenters. The van der Waals surface area contributed by atoms with E-state index in [9.17, 15) is 4.79 Å². The quantitative estimate of drug-likeness (QED) is 0.947. The second-order valence-corrected chi connectivity index (χ2v) is 5.90. The van der Waals surface area contributed by atoms with Crippen molar-refractivity contribution < 1.29 is 9.53 Å². The van der Waals surface area contributed by atoms with E-state index in [2.05, 4.69) is 14.6 Å². The van der Waals surface area contributed by atoms with Crippen LogP contribution in [-0.4, -0.2) is 36.6 Å². The summed E-state index contributed by atoms with van der Waals surface area (Å²) in [6, 6.07) is 9.64. The van der Waals surface area contributed by atoms with Gasteiger partial charge in [-0.25, -0.2) is 0 Å². The van der Waals surface area contributed by atoms with Crippen LogP contribution in [0.3, 0.4) is 0 Å². The number of amides is 1. The third-order valence-corrected chi connectivity index (χ3v) is 4.06. The molecule has 1 fully saturated rings. The fourth-order valence-corrected chi connectivity index (χ4v) is 2.86. The zero-order valence-corrected chi connectivity index (χ0v) is 12.7. The lowest BCUT2D eigenvalue weighted by atomic mass is 10.2. The van der Waals surface area contributed by atoms with Crippen molar-refractivity contribution in [3.05, 3.63) is 40.9 Å². The molecule has 0 aliphatic carbocycles. The number of nitrogens with zero attached hydrogens (tertiary/aromatic N) is 2. The molecule has 1 N–H and O–H groups in total. The molecule has 0 bridgehead atoms. The van der Waals surface area contributed by atoms with Crippen LogP contribution in [0.4, 0.5) is 11.4 Å². The first-order chi connectivity index (χ1) is 10.2. The van der Waals surface area contributed by atoms with Crippen LogP contribution in [0.5, 0.6) is 0 Å². The number of benzene rings is 1. The van der Waals surface area contributed by atoms with Gasteiger partial charge in [0.1, 0.15) is 5.69 Å². The number of aryl methyl sites for hydroxylation is 1. The van der Waals surface area contributed by atoms with Gasteiger partial charge in [0.15, 0.2) is 0 Å². The highest BCUT2D eigenvalue weighted by molar-refractivity contribution is 7.05. The average Bonchev–Trinajstić information content (AvgIpc) is 2.95. The summed E-state index contributed by atoms with van der Waals surface area (Å²) in [5.74, 6) is -0.167. The maximum atomic E-state index is 12.3. The van der Waals surface area contributed by atoms with Gasteiger partial charge in [0.2, 0.25) is 0 Å². The third-order valence-electron chi connectivity index (χ3n) is 3.36. The van der Waals surface area contributed by atoms with Crippen LogP contribution in [0.1, 0.15) is 15.4 Å². The topological polar surface area (TPSA) is 54.5 Å². The van der Waals surface area contributed by atoms with Crippen LogP contribution in [0.25, 0.3) is 0 Å². The molecule has 1 aliphatic heterocycles. The Hall–Kier alpha value is -1.92. The van der Waals surface area contributed by atoms with Gasteiger partial charge in [-0.1, -0.05) is 12.1 Å². The summed E-state index contributed by atoms with van der Waals surface area (Å²) in [7, 11) is 0. The predicted molar refractivity (Wildman–Crippen MR) is 84.3 cm³/mol. The first-order valence-corrected chi connectivity index (χ1v) is 7.68. The molecule has 2 heterocycles. The molecule has 0 radical (unpaired) electrons. The summed E-state index contributed by atoms with van der Waals surface area (Å²) < 4.78 is 9.53. The van der Waals surface area contributed by atoms with Crippen molar-refractivity contribution in [2.45, 2.75) is 6.92 Å². The van der Waals surface area contributed by atoms with E-state index in [0.717, 1.165) is 29.3 Å². The largest absolute Gasteiger partial charge is 0.378 e. The number of hydrogen-bond donors (Lipinski definition) is 1. The van der Waals surface area contributed by atoms with Crippen molar-refractivity contribution in [1.29, 1.82) is 0 Å². The van der Waals surface area contributed by atoms with E-state index in [1.807, 2.05) is 31.2 Å². The van der Waals surface area contributed by atoms with E-state index >= 15 is 0 Å². The van der Waals surface area contributed by atoms with Crippen LogP contribution in [0, 0.1) is 6.92 Å². The summed E-state index contributed by atoms with van der Waals surface area (Å²) in [6.45, 7) is 5.04. The fourth-order valence-electron chi connectivity index (χ4n) is 2.32. The molecule has 21 heavy (non-hydrogen) atoms. The average molecular weight is 303 g/mol. The highest BCUT2D eigenvalue weighted by atomic mass is 32.1. The van der Waals surface area contributed by atoms with Crippen molar-refractivity contribution in [1.82, 2.24) is 4.37 Å². The van der Waals surface area contributed by atoms with E-state index in [-0.39, 0.29) is 5.91 Å². The molecule has 1 saturated heterocycles. The highest BCUT2D eigenvalue weighted by Crippen LogP contribution is 2.26. The summed E-state index contributed by atoms with van der Waals surface area (Å²) in [5, 5.41) is 2.96. The maximum absolute atomic E-state index is 12.3. The minimum atomic E-state index is -0.167.